The van der Waals surface area contributed by atoms with Crippen LogP contribution in [0.15, 0.2) is 48.5 Å². The summed E-state index contributed by atoms with van der Waals surface area (Å²) in [6.45, 7) is 9.84. The normalized spacial score (nSPS) is 11.4. The fraction of sp³-hybridized carbons (Fsp3) is 0.583. The number of fused-ring (bicyclic) bond motifs is 3. The van der Waals surface area contributed by atoms with Gasteiger partial charge in [0, 0.05) is 0 Å². The van der Waals surface area contributed by atoms with E-state index in [2.05, 4.69) is 50.2 Å². The zero-order chi connectivity index (χ0) is 38.4. The molecule has 4 aromatic carbocycles. The average Bonchev–Trinajstić information content (AvgIpc) is 3.17. The molecule has 0 heterocycles. The van der Waals surface area contributed by atoms with E-state index in [1.807, 2.05) is 0 Å². The average molecular weight is 741 g/mol. The van der Waals surface area contributed by atoms with Crippen LogP contribution in [0.25, 0.3) is 32.3 Å². The molecule has 0 saturated heterocycles. The second-order valence-electron chi connectivity index (χ2n) is 14.9. The molecule has 0 aromatic heterocycles. The quantitative estimate of drug-likeness (QED) is 0.0328. The minimum atomic E-state index is -0.532. The zero-order valence-corrected chi connectivity index (χ0v) is 34.0. The van der Waals surface area contributed by atoms with E-state index in [0.717, 1.165) is 56.7 Å². The van der Waals surface area contributed by atoms with Gasteiger partial charge < -0.3 is 18.9 Å². The van der Waals surface area contributed by atoms with E-state index < -0.39 is 11.9 Å². The maximum Gasteiger partial charge on any atom is 0.339 e. The number of benzene rings is 4. The molecule has 0 saturated carbocycles. The molecule has 0 aliphatic heterocycles. The van der Waals surface area contributed by atoms with Crippen LogP contribution in [0.1, 0.15) is 177 Å². The van der Waals surface area contributed by atoms with Crippen molar-refractivity contribution in [1.82, 2.24) is 0 Å². The predicted octanol–water partition coefficient (Wildman–Crippen LogP) is 14.1. The van der Waals surface area contributed by atoms with Crippen molar-refractivity contribution in [2.45, 2.75) is 156 Å². The molecule has 0 aliphatic rings. The first-order valence-corrected chi connectivity index (χ1v) is 21.6. The lowest BCUT2D eigenvalue weighted by Crippen LogP contribution is -2.14. The molecule has 6 heteroatoms. The molecule has 0 aliphatic carbocycles. The van der Waals surface area contributed by atoms with E-state index >= 15 is 0 Å². The van der Waals surface area contributed by atoms with Crippen molar-refractivity contribution in [3.63, 3.8) is 0 Å². The Bertz CT molecular complexity index is 1600. The molecular formula is C48H68O6. The van der Waals surface area contributed by atoms with Gasteiger partial charge in [-0.1, -0.05) is 129 Å². The fourth-order valence-electron chi connectivity index (χ4n) is 7.34. The third-order valence-corrected chi connectivity index (χ3v) is 10.5. The van der Waals surface area contributed by atoms with Crippen LogP contribution >= 0.6 is 0 Å². The number of carbonyl (C=O) groups is 2. The van der Waals surface area contributed by atoms with Crippen LogP contribution < -0.4 is 9.47 Å². The van der Waals surface area contributed by atoms with Gasteiger partial charge in [-0.3, -0.25) is 0 Å². The number of esters is 2. The Morgan fingerprint density at radius 2 is 0.648 bits per heavy atom. The minimum absolute atomic E-state index is 0.217. The maximum absolute atomic E-state index is 12.9. The second-order valence-corrected chi connectivity index (χ2v) is 14.9. The van der Waals surface area contributed by atoms with Crippen LogP contribution in [0.2, 0.25) is 0 Å². The molecule has 0 fully saturated rings. The summed E-state index contributed by atoms with van der Waals surface area (Å²) in [5.41, 5.74) is 0.435. The Morgan fingerprint density at radius 1 is 0.370 bits per heavy atom. The Balaban J connectivity index is 1.49. The molecule has 6 nitrogen and oxygen atoms in total. The minimum Gasteiger partial charge on any atom is -0.490 e. The first-order valence-electron chi connectivity index (χ1n) is 21.6. The summed E-state index contributed by atoms with van der Waals surface area (Å²) in [6, 6.07) is 16.2. The Labute approximate surface area is 325 Å². The van der Waals surface area contributed by atoms with Gasteiger partial charge >= 0.3 is 11.9 Å². The van der Waals surface area contributed by atoms with Crippen molar-refractivity contribution in [3.05, 3.63) is 59.7 Å². The second kappa shape index (κ2) is 24.6. The molecule has 54 heavy (non-hydrogen) atoms. The number of unbranched alkanes of at least 4 members (excludes halogenated alkanes) is 18. The SMILES string of the molecule is CCCCCCCCCCCCOc1cc2cc3cc4cc(C(=O)OCC)c(C(=O)OCC)cc4cc3cc2cc1OCCCCCCCCCCCC. The Kier molecular flexibility index (Phi) is 19.5. The van der Waals surface area contributed by atoms with Crippen LogP contribution in [-0.2, 0) is 9.47 Å². The number of carbonyl (C=O) groups excluding carboxylic acids is 2. The molecule has 4 aromatic rings. The van der Waals surface area contributed by atoms with E-state index in [-0.39, 0.29) is 24.3 Å². The summed E-state index contributed by atoms with van der Waals surface area (Å²) in [5.74, 6) is 0.537. The number of hydrogen-bond donors (Lipinski definition) is 0. The topological polar surface area (TPSA) is 71.1 Å². The summed E-state index contributed by atoms with van der Waals surface area (Å²) >= 11 is 0. The molecule has 0 amide bonds. The maximum atomic E-state index is 12.9. The summed E-state index contributed by atoms with van der Waals surface area (Å²) in [5, 5.41) is 5.92. The first-order chi connectivity index (χ1) is 26.5. The van der Waals surface area contributed by atoms with Gasteiger partial charge in [0.05, 0.1) is 37.6 Å². The van der Waals surface area contributed by atoms with E-state index in [1.165, 1.54) is 116 Å². The van der Waals surface area contributed by atoms with Crippen molar-refractivity contribution in [1.29, 1.82) is 0 Å². The van der Waals surface area contributed by atoms with Gasteiger partial charge in [0.25, 0.3) is 0 Å². The standard InChI is InChI=1S/C48H68O6/c1-5-9-11-13-15-17-19-21-23-25-27-53-45-35-41-31-37-29-39-33-43(47(49)51-7-3)44(48(50)52-8-4)34-40(39)30-38(37)32-42(41)36-46(45)54-28-26-24-22-20-18-16-14-12-10-6-2/h29-36H,5-28H2,1-4H3. The Morgan fingerprint density at radius 3 is 0.963 bits per heavy atom. The van der Waals surface area contributed by atoms with Crippen LogP contribution in [0.5, 0.6) is 11.5 Å². The van der Waals surface area contributed by atoms with Crippen molar-refractivity contribution < 1.29 is 28.5 Å². The van der Waals surface area contributed by atoms with Crippen LogP contribution in [0, 0.1) is 0 Å². The number of rotatable bonds is 28. The van der Waals surface area contributed by atoms with Crippen molar-refractivity contribution in [2.75, 3.05) is 26.4 Å². The van der Waals surface area contributed by atoms with Crippen LogP contribution in [0.4, 0.5) is 0 Å². The van der Waals surface area contributed by atoms with Gasteiger partial charge in [0.1, 0.15) is 0 Å². The summed E-state index contributed by atoms with van der Waals surface area (Å²) in [4.78, 5) is 25.8. The van der Waals surface area contributed by atoms with Crippen LogP contribution in [0.3, 0.4) is 0 Å². The highest BCUT2D eigenvalue weighted by Gasteiger charge is 2.21. The van der Waals surface area contributed by atoms with Crippen molar-refractivity contribution >= 4 is 44.3 Å². The van der Waals surface area contributed by atoms with Gasteiger partial charge in [-0.05, 0) is 108 Å². The third kappa shape index (κ3) is 13.8. The van der Waals surface area contributed by atoms with Crippen LogP contribution in [-0.4, -0.2) is 38.4 Å². The van der Waals surface area contributed by atoms with Gasteiger partial charge in [0.15, 0.2) is 11.5 Å². The molecule has 296 valence electrons. The zero-order valence-electron chi connectivity index (χ0n) is 34.0. The molecule has 0 radical (unpaired) electrons. The summed E-state index contributed by atoms with van der Waals surface area (Å²) in [7, 11) is 0. The molecule has 0 unspecified atom stereocenters. The number of hydrogen-bond acceptors (Lipinski definition) is 6. The molecule has 4 rings (SSSR count). The van der Waals surface area contributed by atoms with Gasteiger partial charge in [-0.25, -0.2) is 9.59 Å². The van der Waals surface area contributed by atoms with E-state index in [9.17, 15) is 9.59 Å². The van der Waals surface area contributed by atoms with Gasteiger partial charge in [-0.15, -0.1) is 0 Å². The monoisotopic (exact) mass is 741 g/mol. The highest BCUT2D eigenvalue weighted by molar-refractivity contribution is 6.11. The number of ether oxygens (including phenoxy) is 4. The van der Waals surface area contributed by atoms with Crippen molar-refractivity contribution in [3.8, 4) is 11.5 Å². The largest absolute Gasteiger partial charge is 0.490 e. The van der Waals surface area contributed by atoms with Gasteiger partial charge in [0.2, 0.25) is 0 Å². The van der Waals surface area contributed by atoms with E-state index in [4.69, 9.17) is 18.9 Å². The highest BCUT2D eigenvalue weighted by atomic mass is 16.5. The third-order valence-electron chi connectivity index (χ3n) is 10.5. The predicted molar refractivity (Wildman–Crippen MR) is 226 cm³/mol. The fourth-order valence-corrected chi connectivity index (χ4v) is 7.34. The lowest BCUT2D eigenvalue weighted by Gasteiger charge is -2.15. The molecular weight excluding hydrogens is 673 g/mol. The molecule has 0 spiro atoms. The van der Waals surface area contributed by atoms with E-state index in [0.29, 0.717) is 13.2 Å². The smallest absolute Gasteiger partial charge is 0.339 e. The Hall–Kier alpha value is -3.80. The first kappa shape index (κ1) is 42.9. The van der Waals surface area contributed by atoms with E-state index in [1.54, 1.807) is 26.0 Å². The summed E-state index contributed by atoms with van der Waals surface area (Å²) in [6.07, 6.45) is 25.8. The lowest BCUT2D eigenvalue weighted by molar-refractivity contribution is 0.0479. The molecule has 0 bridgehead atoms. The summed E-state index contributed by atoms with van der Waals surface area (Å²) < 4.78 is 23.5. The molecule has 0 N–H and O–H groups in total. The van der Waals surface area contributed by atoms with Crippen molar-refractivity contribution in [2.24, 2.45) is 0 Å². The molecule has 0 atom stereocenters. The lowest BCUT2D eigenvalue weighted by atomic mass is 9.96. The highest BCUT2D eigenvalue weighted by Crippen LogP contribution is 2.37. The van der Waals surface area contributed by atoms with Gasteiger partial charge in [-0.2, -0.15) is 0 Å².